The minimum absolute atomic E-state index is 0.213. The molecule has 3 saturated heterocycles. The molecule has 2 unspecified atom stereocenters. The Labute approximate surface area is 195 Å². The number of carbonyl (C=O) groups excluding carboxylic acids is 3. The molecule has 0 aliphatic carbocycles. The second-order valence-electron chi connectivity index (χ2n) is 10.3. The van der Waals surface area contributed by atoms with E-state index >= 15 is 0 Å². The van der Waals surface area contributed by atoms with Crippen LogP contribution in [0.2, 0.25) is 0 Å². The number of aliphatic hydroxyl groups excluding tert-OH is 1. The van der Waals surface area contributed by atoms with Gasteiger partial charge in [0, 0.05) is 13.6 Å². The molecule has 0 saturated carbocycles. The van der Waals surface area contributed by atoms with Crippen LogP contribution in [-0.4, -0.2) is 64.7 Å². The summed E-state index contributed by atoms with van der Waals surface area (Å²) in [5.41, 5.74) is -0.922. The summed E-state index contributed by atoms with van der Waals surface area (Å²) in [6, 6.07) is 8.15. The molecule has 1 spiro atoms. The molecule has 8 nitrogen and oxygen atoms in total. The van der Waals surface area contributed by atoms with Crippen molar-refractivity contribution in [2.24, 2.45) is 17.8 Å². The maximum absolute atomic E-state index is 13.9. The number of amides is 3. The Hall–Kier alpha value is -2.45. The maximum atomic E-state index is 13.9. The number of hydrogen-bond donors (Lipinski definition) is 3. The van der Waals surface area contributed by atoms with E-state index in [2.05, 4.69) is 10.6 Å². The van der Waals surface area contributed by atoms with E-state index in [1.54, 1.807) is 7.05 Å². The monoisotopic (exact) mass is 457 g/mol. The number of nitrogens with zero attached hydrogens (tertiary/aromatic N) is 1. The van der Waals surface area contributed by atoms with Crippen LogP contribution in [0.15, 0.2) is 30.3 Å². The van der Waals surface area contributed by atoms with Gasteiger partial charge in [-0.2, -0.15) is 0 Å². The van der Waals surface area contributed by atoms with E-state index in [9.17, 15) is 19.5 Å². The lowest BCUT2D eigenvalue weighted by atomic mass is 9.66. The first-order valence-corrected chi connectivity index (χ1v) is 11.8. The van der Waals surface area contributed by atoms with Crippen LogP contribution in [0.25, 0.3) is 0 Å². The fourth-order valence-electron chi connectivity index (χ4n) is 6.31. The lowest BCUT2D eigenvalue weighted by Gasteiger charge is -2.37. The number of aliphatic hydroxyl groups is 1. The molecule has 1 aromatic carbocycles. The molecule has 3 amide bonds. The molecule has 33 heavy (non-hydrogen) atoms. The smallest absolute Gasteiger partial charge is 0.246 e. The van der Waals surface area contributed by atoms with Crippen molar-refractivity contribution in [1.29, 1.82) is 0 Å². The van der Waals surface area contributed by atoms with Gasteiger partial charge >= 0.3 is 0 Å². The number of benzene rings is 1. The number of ether oxygens (including phenoxy) is 1. The third-order valence-corrected chi connectivity index (χ3v) is 7.65. The van der Waals surface area contributed by atoms with Crippen LogP contribution in [0.4, 0.5) is 0 Å². The van der Waals surface area contributed by atoms with E-state index in [4.69, 9.17) is 4.74 Å². The standard InChI is InChI=1S/C25H35N3O5/c1-15(2)12-17(14-29)28-20(22(31)27-13-16-8-6-5-7-9-16)25-11-10-24(3,33-25)18(21(30)26-4)19(25)23(28)32/h5-9,15,17-20,29H,10-14H2,1-4H3,(H,26,30)(H,27,31)/t17-,18-,19+,20?,24+,25?/m1/s1. The van der Waals surface area contributed by atoms with Gasteiger partial charge in [0.15, 0.2) is 0 Å². The minimum Gasteiger partial charge on any atom is -0.394 e. The first-order valence-electron chi connectivity index (χ1n) is 11.8. The summed E-state index contributed by atoms with van der Waals surface area (Å²) in [5.74, 6) is -2.02. The Balaban J connectivity index is 1.72. The Morgan fingerprint density at radius 2 is 1.91 bits per heavy atom. The molecule has 3 aliphatic rings. The number of hydrogen-bond acceptors (Lipinski definition) is 5. The SMILES string of the molecule is CNC(=O)[C@H]1[C@H]2C(=O)N([C@@H](CO)CC(C)C)C(C(=O)NCc3ccccc3)C23CC[C@]1(C)O3. The normalized spacial score (nSPS) is 33.3. The molecule has 3 fully saturated rings. The molecule has 2 bridgehead atoms. The molecule has 0 radical (unpaired) electrons. The van der Waals surface area contributed by atoms with Crippen LogP contribution >= 0.6 is 0 Å². The van der Waals surface area contributed by atoms with Gasteiger partial charge in [-0.05, 0) is 37.7 Å². The van der Waals surface area contributed by atoms with Crippen LogP contribution in [0.5, 0.6) is 0 Å². The van der Waals surface area contributed by atoms with Crippen LogP contribution in [-0.2, 0) is 25.7 Å². The zero-order chi connectivity index (χ0) is 24.0. The molecular formula is C25H35N3O5. The van der Waals surface area contributed by atoms with Crippen molar-refractivity contribution < 1.29 is 24.2 Å². The van der Waals surface area contributed by atoms with Gasteiger partial charge in [-0.3, -0.25) is 14.4 Å². The molecule has 4 rings (SSSR count). The van der Waals surface area contributed by atoms with Gasteiger partial charge in [-0.1, -0.05) is 44.2 Å². The third-order valence-electron chi connectivity index (χ3n) is 7.65. The van der Waals surface area contributed by atoms with Gasteiger partial charge in [0.05, 0.1) is 30.1 Å². The van der Waals surface area contributed by atoms with E-state index in [0.29, 0.717) is 25.8 Å². The summed E-state index contributed by atoms with van der Waals surface area (Å²) in [6.45, 7) is 5.97. The van der Waals surface area contributed by atoms with Gasteiger partial charge in [-0.15, -0.1) is 0 Å². The number of nitrogens with one attached hydrogen (secondary N) is 2. The van der Waals surface area contributed by atoms with Crippen LogP contribution in [0.3, 0.4) is 0 Å². The molecule has 1 aromatic rings. The average molecular weight is 458 g/mol. The van der Waals surface area contributed by atoms with Crippen molar-refractivity contribution in [3.05, 3.63) is 35.9 Å². The first kappa shape index (κ1) is 23.7. The second-order valence-corrected chi connectivity index (χ2v) is 10.3. The van der Waals surface area contributed by atoms with Gasteiger partial charge in [0.1, 0.15) is 11.6 Å². The van der Waals surface area contributed by atoms with Gasteiger partial charge in [-0.25, -0.2) is 0 Å². The Bertz CT molecular complexity index is 922. The highest BCUT2D eigenvalue weighted by Gasteiger charge is 2.78. The summed E-state index contributed by atoms with van der Waals surface area (Å²) in [7, 11) is 1.56. The van der Waals surface area contributed by atoms with Gasteiger partial charge < -0.3 is 25.4 Å². The highest BCUT2D eigenvalue weighted by molar-refractivity contribution is 5.99. The predicted molar refractivity (Wildman–Crippen MR) is 122 cm³/mol. The summed E-state index contributed by atoms with van der Waals surface area (Å²) >= 11 is 0. The number of carbonyl (C=O) groups is 3. The molecule has 3 heterocycles. The summed E-state index contributed by atoms with van der Waals surface area (Å²) in [5, 5.41) is 15.9. The highest BCUT2D eigenvalue weighted by Crippen LogP contribution is 2.63. The molecule has 3 N–H and O–H groups in total. The van der Waals surface area contributed by atoms with Crippen molar-refractivity contribution in [2.75, 3.05) is 13.7 Å². The van der Waals surface area contributed by atoms with Crippen molar-refractivity contribution in [3.63, 3.8) is 0 Å². The Morgan fingerprint density at radius 1 is 1.21 bits per heavy atom. The lowest BCUT2D eigenvalue weighted by molar-refractivity contribution is -0.150. The van der Waals surface area contributed by atoms with Crippen LogP contribution in [0, 0.1) is 17.8 Å². The van der Waals surface area contributed by atoms with Crippen LogP contribution < -0.4 is 10.6 Å². The van der Waals surface area contributed by atoms with Crippen molar-refractivity contribution in [2.45, 2.75) is 69.9 Å². The molecule has 6 atom stereocenters. The molecule has 0 aromatic heterocycles. The van der Waals surface area contributed by atoms with E-state index in [-0.39, 0.29) is 30.2 Å². The van der Waals surface area contributed by atoms with E-state index in [0.717, 1.165) is 5.56 Å². The summed E-state index contributed by atoms with van der Waals surface area (Å²) < 4.78 is 6.53. The molecule has 8 heteroatoms. The van der Waals surface area contributed by atoms with Gasteiger partial charge in [0.2, 0.25) is 17.7 Å². The first-order chi connectivity index (χ1) is 15.7. The molecular weight excluding hydrogens is 422 g/mol. The fraction of sp³-hybridized carbons (Fsp3) is 0.640. The number of fused-ring (bicyclic) bond motifs is 1. The largest absolute Gasteiger partial charge is 0.394 e. The van der Waals surface area contributed by atoms with Crippen molar-refractivity contribution in [3.8, 4) is 0 Å². The van der Waals surface area contributed by atoms with Gasteiger partial charge in [0.25, 0.3) is 0 Å². The average Bonchev–Trinajstić information content (AvgIpc) is 3.36. The predicted octanol–water partition coefficient (Wildman–Crippen LogP) is 1.22. The molecule has 180 valence electrons. The highest BCUT2D eigenvalue weighted by atomic mass is 16.5. The quantitative estimate of drug-likeness (QED) is 0.544. The number of likely N-dealkylation sites (tertiary alicyclic amines) is 1. The van der Waals surface area contributed by atoms with E-state index in [1.807, 2.05) is 51.1 Å². The van der Waals surface area contributed by atoms with E-state index < -0.39 is 35.1 Å². The van der Waals surface area contributed by atoms with Crippen molar-refractivity contribution >= 4 is 17.7 Å². The zero-order valence-corrected chi connectivity index (χ0v) is 19.8. The van der Waals surface area contributed by atoms with E-state index in [1.165, 1.54) is 4.90 Å². The zero-order valence-electron chi connectivity index (χ0n) is 19.8. The number of rotatable bonds is 8. The van der Waals surface area contributed by atoms with Crippen molar-refractivity contribution in [1.82, 2.24) is 15.5 Å². The Kier molecular flexibility index (Phi) is 6.26. The topological polar surface area (TPSA) is 108 Å². The minimum atomic E-state index is -1.08. The molecule has 3 aliphatic heterocycles. The van der Waals surface area contributed by atoms with Crippen LogP contribution in [0.1, 0.15) is 45.6 Å². The fourth-order valence-corrected chi connectivity index (χ4v) is 6.31. The maximum Gasteiger partial charge on any atom is 0.246 e. The second kappa shape index (κ2) is 8.72. The summed E-state index contributed by atoms with van der Waals surface area (Å²) in [6.07, 6.45) is 1.67. The third kappa shape index (κ3) is 3.73. The summed E-state index contributed by atoms with van der Waals surface area (Å²) in [4.78, 5) is 42.0. The lowest BCUT2D eigenvalue weighted by Crippen LogP contribution is -2.58. The Morgan fingerprint density at radius 3 is 2.52 bits per heavy atom.